The molecule has 1 aromatic rings. The van der Waals surface area contributed by atoms with Crippen molar-refractivity contribution < 1.29 is 25.6 Å². The monoisotopic (exact) mass is 282 g/mol. The molecule has 68 valence electrons. The third-order valence-electron chi connectivity index (χ3n) is 1.12. The van der Waals surface area contributed by atoms with E-state index in [1.807, 2.05) is 0 Å². The molecule has 0 unspecified atom stereocenters. The second kappa shape index (κ2) is 6.11. The maximum Gasteiger partial charge on any atom is 2.00 e. The molecule has 0 N–H and O–H groups in total. The van der Waals surface area contributed by atoms with E-state index in [2.05, 4.69) is 22.0 Å². The van der Waals surface area contributed by atoms with Crippen molar-refractivity contribution in [2.45, 2.75) is 6.18 Å². The third-order valence-corrected chi connectivity index (χ3v) is 1.78. The van der Waals surface area contributed by atoms with Crippen LogP contribution in [0.2, 0.25) is 0 Å². The number of hydrogen-bond donors (Lipinski definition) is 0. The van der Waals surface area contributed by atoms with Gasteiger partial charge in [-0.2, -0.15) is 37.4 Å². The molecule has 0 saturated carbocycles. The van der Waals surface area contributed by atoms with Crippen LogP contribution in [0.5, 0.6) is 0 Å². The quantitative estimate of drug-likeness (QED) is 0.461. The second-order valence-electron chi connectivity index (χ2n) is 1.90. The van der Waals surface area contributed by atoms with Gasteiger partial charge in [0.1, 0.15) is 0 Å². The molecule has 13 heavy (non-hydrogen) atoms. The van der Waals surface area contributed by atoms with Crippen molar-refractivity contribution in [3.8, 4) is 0 Å². The Bertz CT molecular complexity index is 264. The molecule has 0 heterocycles. The fourth-order valence-corrected chi connectivity index (χ4v) is 1.13. The first-order valence-electron chi connectivity index (χ1n) is 2.74. The molecule has 0 aliphatic rings. The zero-order valence-electron chi connectivity index (χ0n) is 6.33. The molecule has 0 amide bonds. The van der Waals surface area contributed by atoms with Gasteiger partial charge in [-0.3, -0.25) is 0 Å². The summed E-state index contributed by atoms with van der Waals surface area (Å²) in [5.74, 6) is 0. The molecule has 1 rings (SSSR count). The zero-order chi connectivity index (χ0) is 8.48. The first kappa shape index (κ1) is 16.0. The number of hydrogen-bond acceptors (Lipinski definition) is 0. The first-order chi connectivity index (χ1) is 5.02. The second-order valence-corrected chi connectivity index (χ2v) is 2.76. The van der Waals surface area contributed by atoms with Crippen molar-refractivity contribution in [1.29, 1.82) is 0 Å². The van der Waals surface area contributed by atoms with Crippen LogP contribution in [0.1, 0.15) is 5.56 Å². The molecular formula is C7H3BrClF3Mg. The Balaban J connectivity index is 0. The maximum absolute atomic E-state index is 12.0. The summed E-state index contributed by atoms with van der Waals surface area (Å²) in [6.45, 7) is 0. The van der Waals surface area contributed by atoms with Gasteiger partial charge < -0.3 is 12.4 Å². The summed E-state index contributed by atoms with van der Waals surface area (Å²) >= 11 is 2.78. The van der Waals surface area contributed by atoms with Gasteiger partial charge in [0.2, 0.25) is 0 Å². The Morgan fingerprint density at radius 2 is 1.85 bits per heavy atom. The van der Waals surface area contributed by atoms with E-state index >= 15 is 0 Å². The largest absolute Gasteiger partial charge is 2.00 e. The minimum absolute atomic E-state index is 0. The topological polar surface area (TPSA) is 0 Å². The maximum atomic E-state index is 12.0. The zero-order valence-corrected chi connectivity index (χ0v) is 10.1. The van der Waals surface area contributed by atoms with Gasteiger partial charge in [-0.1, -0.05) is 4.47 Å². The van der Waals surface area contributed by atoms with Crippen LogP contribution in [0.25, 0.3) is 0 Å². The molecule has 0 atom stereocenters. The molecule has 0 fully saturated rings. The Kier molecular flexibility index (Phi) is 7.52. The van der Waals surface area contributed by atoms with Crippen LogP contribution in [0, 0.1) is 6.07 Å². The van der Waals surface area contributed by atoms with Crippen LogP contribution in [0.15, 0.2) is 22.7 Å². The normalized spacial score (nSPS) is 9.85. The van der Waals surface area contributed by atoms with E-state index in [0.717, 1.165) is 6.07 Å². The fraction of sp³-hybridized carbons (Fsp3) is 0.143. The summed E-state index contributed by atoms with van der Waals surface area (Å²) in [5.41, 5.74) is -0.670. The number of halogens is 5. The van der Waals surface area contributed by atoms with E-state index in [0.29, 0.717) is 0 Å². The molecule has 0 spiro atoms. The minimum Gasteiger partial charge on any atom is -1.00 e. The molecule has 0 saturated heterocycles. The van der Waals surface area contributed by atoms with E-state index in [4.69, 9.17) is 0 Å². The summed E-state index contributed by atoms with van der Waals surface area (Å²) in [5, 5.41) is 0. The predicted molar refractivity (Wildman–Crippen MR) is 43.7 cm³/mol. The molecule has 0 bridgehead atoms. The Hall–Kier alpha value is 0.546. The van der Waals surface area contributed by atoms with E-state index in [9.17, 15) is 13.2 Å². The van der Waals surface area contributed by atoms with E-state index in [-0.39, 0.29) is 39.9 Å². The number of rotatable bonds is 0. The summed E-state index contributed by atoms with van der Waals surface area (Å²) < 4.78 is 36.0. The van der Waals surface area contributed by atoms with Crippen molar-refractivity contribution in [2.75, 3.05) is 0 Å². The summed E-state index contributed by atoms with van der Waals surface area (Å²) in [7, 11) is 0. The van der Waals surface area contributed by atoms with Gasteiger partial charge in [0.25, 0.3) is 0 Å². The van der Waals surface area contributed by atoms with Gasteiger partial charge in [0.15, 0.2) is 0 Å². The molecule has 0 radical (unpaired) electrons. The average Bonchev–Trinajstić information content (AvgIpc) is 1.86. The van der Waals surface area contributed by atoms with Gasteiger partial charge in [-0.25, -0.2) is 0 Å². The molecule has 0 aliphatic heterocycles. The standard InChI is InChI=1S/C7H3BrF3.ClH.Mg/c8-6-4-2-1-3-5(6)7(9,10)11;;/h1,3-4H;1H;/q-1;;+2/p-1. The average molecular weight is 284 g/mol. The van der Waals surface area contributed by atoms with Gasteiger partial charge >= 0.3 is 29.2 Å². The number of alkyl halides is 3. The van der Waals surface area contributed by atoms with E-state index in [1.54, 1.807) is 0 Å². The molecule has 6 heteroatoms. The smallest absolute Gasteiger partial charge is 1.00 e. The molecule has 0 aliphatic carbocycles. The molecule has 0 aromatic heterocycles. The summed E-state index contributed by atoms with van der Waals surface area (Å²) in [6, 6.07) is 5.97. The van der Waals surface area contributed by atoms with Gasteiger partial charge in [-0.05, 0) is 5.56 Å². The van der Waals surface area contributed by atoms with Crippen LogP contribution in [0.4, 0.5) is 13.2 Å². The van der Waals surface area contributed by atoms with Crippen LogP contribution >= 0.6 is 15.9 Å². The molecule has 1 aromatic carbocycles. The van der Waals surface area contributed by atoms with Gasteiger partial charge in [0, 0.05) is 0 Å². The van der Waals surface area contributed by atoms with E-state index in [1.165, 1.54) is 12.1 Å². The van der Waals surface area contributed by atoms with Crippen molar-refractivity contribution in [2.24, 2.45) is 0 Å². The Morgan fingerprint density at radius 1 is 1.31 bits per heavy atom. The Labute approximate surface area is 105 Å². The summed E-state index contributed by atoms with van der Waals surface area (Å²) in [4.78, 5) is 0. The predicted octanol–water partition coefficient (Wildman–Crippen LogP) is -0.109. The molecular weight excluding hydrogens is 281 g/mol. The third kappa shape index (κ3) is 4.53. The Morgan fingerprint density at radius 3 is 2.15 bits per heavy atom. The van der Waals surface area contributed by atoms with Crippen molar-refractivity contribution >= 4 is 39.0 Å². The van der Waals surface area contributed by atoms with Crippen LogP contribution in [-0.2, 0) is 6.18 Å². The van der Waals surface area contributed by atoms with Crippen LogP contribution in [-0.4, -0.2) is 23.1 Å². The van der Waals surface area contributed by atoms with Gasteiger partial charge in [-0.15, -0.1) is 15.9 Å². The molecule has 0 nitrogen and oxygen atoms in total. The number of benzene rings is 1. The van der Waals surface area contributed by atoms with Crippen molar-refractivity contribution in [1.82, 2.24) is 0 Å². The van der Waals surface area contributed by atoms with Crippen LogP contribution in [0.3, 0.4) is 0 Å². The summed E-state index contributed by atoms with van der Waals surface area (Å²) in [6.07, 6.45) is -4.28. The minimum atomic E-state index is -4.28. The first-order valence-corrected chi connectivity index (χ1v) is 3.54. The van der Waals surface area contributed by atoms with Gasteiger partial charge in [0.05, 0.1) is 0 Å². The van der Waals surface area contributed by atoms with Crippen molar-refractivity contribution in [3.05, 3.63) is 34.3 Å². The fourth-order valence-electron chi connectivity index (χ4n) is 0.640. The van der Waals surface area contributed by atoms with Crippen molar-refractivity contribution in [3.63, 3.8) is 0 Å². The SMILES string of the molecule is FC(F)(F)c1cc[c-]cc1Br.[Cl-].[Mg+2]. The van der Waals surface area contributed by atoms with Crippen LogP contribution < -0.4 is 12.4 Å². The van der Waals surface area contributed by atoms with E-state index < -0.39 is 11.7 Å².